The van der Waals surface area contributed by atoms with Gasteiger partial charge in [0.1, 0.15) is 0 Å². The molecular weight excluding hydrogens is 237 g/mol. The Balaban J connectivity index is 2.63. The van der Waals surface area contributed by atoms with Gasteiger partial charge in [0.05, 0.1) is 0 Å². The molecule has 1 aromatic carbocycles. The van der Waals surface area contributed by atoms with E-state index in [9.17, 15) is 0 Å². The molecule has 14 heavy (non-hydrogen) atoms. The van der Waals surface area contributed by atoms with E-state index in [4.69, 9.17) is 5.73 Å². The summed E-state index contributed by atoms with van der Waals surface area (Å²) in [6, 6.07) is 8.50. The summed E-state index contributed by atoms with van der Waals surface area (Å²) in [5, 5.41) is 0. The average molecular weight is 254 g/mol. The van der Waals surface area contributed by atoms with Crippen molar-refractivity contribution in [3.63, 3.8) is 0 Å². The van der Waals surface area contributed by atoms with E-state index in [1.54, 1.807) is 0 Å². The van der Waals surface area contributed by atoms with Crippen molar-refractivity contribution in [3.8, 4) is 0 Å². The van der Waals surface area contributed by atoms with Crippen LogP contribution in [-0.2, 0) is 0 Å². The van der Waals surface area contributed by atoms with Gasteiger partial charge in [-0.2, -0.15) is 0 Å². The van der Waals surface area contributed by atoms with Crippen LogP contribution in [0.2, 0.25) is 0 Å². The van der Waals surface area contributed by atoms with Crippen LogP contribution in [0.4, 0.5) is 0 Å². The molecule has 0 aliphatic carbocycles. The first-order chi connectivity index (χ1) is 6.49. The molecule has 0 spiro atoms. The van der Waals surface area contributed by atoms with Crippen LogP contribution in [0, 0.1) is 6.92 Å². The summed E-state index contributed by atoms with van der Waals surface area (Å²) in [6.07, 6.45) is 2.08. The summed E-state index contributed by atoms with van der Waals surface area (Å²) in [4.78, 5) is 2.20. The van der Waals surface area contributed by atoms with E-state index in [0.29, 0.717) is 15.0 Å². The van der Waals surface area contributed by atoms with Gasteiger partial charge >= 0.3 is 92.3 Å². The Kier molecular flexibility index (Phi) is 3.94. The topological polar surface area (TPSA) is 26.0 Å². The van der Waals surface area contributed by atoms with Gasteiger partial charge in [0, 0.05) is 0 Å². The zero-order valence-corrected chi connectivity index (χ0v) is 10.7. The second-order valence-electron chi connectivity index (χ2n) is 4.01. The van der Waals surface area contributed by atoms with Crippen LogP contribution < -0.4 is 10.2 Å². The predicted molar refractivity (Wildman–Crippen MR) is 64.0 cm³/mol. The van der Waals surface area contributed by atoms with Crippen molar-refractivity contribution in [2.24, 2.45) is 5.73 Å². The van der Waals surface area contributed by atoms with Crippen LogP contribution in [0.5, 0.6) is 0 Å². The SMILES string of the molecule is Cc1ccccc1[Se]/C=C/C(C)(C)N. The zero-order valence-electron chi connectivity index (χ0n) is 8.95. The number of hydrogen-bond acceptors (Lipinski definition) is 1. The maximum absolute atomic E-state index is 5.86. The maximum atomic E-state index is 5.86. The number of nitrogens with two attached hydrogens (primary N) is 1. The van der Waals surface area contributed by atoms with Gasteiger partial charge in [-0.25, -0.2) is 0 Å². The first-order valence-corrected chi connectivity index (χ1v) is 6.52. The number of aryl methyl sites for hydroxylation is 1. The van der Waals surface area contributed by atoms with Crippen LogP contribution in [0.3, 0.4) is 0 Å². The van der Waals surface area contributed by atoms with Gasteiger partial charge < -0.3 is 0 Å². The molecule has 0 unspecified atom stereocenters. The summed E-state index contributed by atoms with van der Waals surface area (Å²) < 4.78 is 1.43. The Bertz CT molecular complexity index is 323. The molecule has 0 aliphatic rings. The van der Waals surface area contributed by atoms with Gasteiger partial charge in [-0.1, -0.05) is 0 Å². The first kappa shape index (κ1) is 11.5. The molecule has 2 heteroatoms. The van der Waals surface area contributed by atoms with Gasteiger partial charge in [0.15, 0.2) is 0 Å². The molecular formula is C12H17NSe. The molecule has 0 saturated carbocycles. The van der Waals surface area contributed by atoms with E-state index in [-0.39, 0.29) is 5.54 Å². The Morgan fingerprint density at radius 2 is 1.93 bits per heavy atom. The monoisotopic (exact) mass is 255 g/mol. The van der Waals surface area contributed by atoms with Crippen LogP contribution in [0.15, 0.2) is 35.3 Å². The van der Waals surface area contributed by atoms with Crippen molar-refractivity contribution in [3.05, 3.63) is 40.9 Å². The molecule has 0 amide bonds. The van der Waals surface area contributed by atoms with Crippen LogP contribution in [0.25, 0.3) is 0 Å². The van der Waals surface area contributed by atoms with Gasteiger partial charge in [-0.15, -0.1) is 0 Å². The zero-order chi connectivity index (χ0) is 10.6. The molecule has 0 saturated heterocycles. The molecule has 0 radical (unpaired) electrons. The quantitative estimate of drug-likeness (QED) is 0.814. The molecule has 2 N–H and O–H groups in total. The normalized spacial score (nSPS) is 12.3. The Labute approximate surface area is 92.6 Å². The van der Waals surface area contributed by atoms with Crippen molar-refractivity contribution in [1.29, 1.82) is 0 Å². The Hall–Kier alpha value is -0.561. The summed E-state index contributed by atoms with van der Waals surface area (Å²) in [7, 11) is 0. The second-order valence-corrected chi connectivity index (χ2v) is 6.00. The third-order valence-electron chi connectivity index (χ3n) is 1.79. The van der Waals surface area contributed by atoms with Crippen LogP contribution in [0.1, 0.15) is 19.4 Å². The molecule has 0 fully saturated rings. The predicted octanol–water partition coefficient (Wildman–Crippen LogP) is 1.58. The van der Waals surface area contributed by atoms with Crippen molar-refractivity contribution < 1.29 is 0 Å². The van der Waals surface area contributed by atoms with E-state index < -0.39 is 0 Å². The van der Waals surface area contributed by atoms with Crippen molar-refractivity contribution in [2.45, 2.75) is 26.3 Å². The van der Waals surface area contributed by atoms with Crippen molar-refractivity contribution in [1.82, 2.24) is 0 Å². The first-order valence-electron chi connectivity index (χ1n) is 4.68. The molecule has 1 rings (SSSR count). The molecule has 1 nitrogen and oxygen atoms in total. The number of benzene rings is 1. The number of hydrogen-bond donors (Lipinski definition) is 1. The standard InChI is InChI=1S/C12H17NSe/c1-10-6-4-5-7-11(10)14-9-8-12(2,3)13/h4-9H,13H2,1-3H3/b9-8+. The van der Waals surface area contributed by atoms with Gasteiger partial charge in [-0.05, 0) is 0 Å². The molecule has 0 aromatic heterocycles. The van der Waals surface area contributed by atoms with Crippen molar-refractivity contribution >= 4 is 19.4 Å². The molecule has 1 aromatic rings. The molecule has 0 aliphatic heterocycles. The van der Waals surface area contributed by atoms with Crippen molar-refractivity contribution in [2.75, 3.05) is 0 Å². The summed E-state index contributed by atoms with van der Waals surface area (Å²) >= 11 is 0.405. The van der Waals surface area contributed by atoms with Gasteiger partial charge in [-0.3, -0.25) is 0 Å². The minimum absolute atomic E-state index is 0.190. The molecule has 0 bridgehead atoms. The van der Waals surface area contributed by atoms with Crippen LogP contribution >= 0.6 is 0 Å². The second kappa shape index (κ2) is 4.79. The van der Waals surface area contributed by atoms with Crippen LogP contribution in [-0.4, -0.2) is 20.5 Å². The average Bonchev–Trinajstić information content (AvgIpc) is 2.06. The summed E-state index contributed by atoms with van der Waals surface area (Å²) in [5.41, 5.74) is 7.04. The van der Waals surface area contributed by atoms with E-state index in [2.05, 4.69) is 42.2 Å². The summed E-state index contributed by atoms with van der Waals surface area (Å²) in [6.45, 7) is 6.17. The molecule has 0 heterocycles. The van der Waals surface area contributed by atoms with E-state index >= 15 is 0 Å². The van der Waals surface area contributed by atoms with E-state index in [1.807, 2.05) is 13.8 Å². The molecule has 0 atom stereocenters. The third kappa shape index (κ3) is 4.10. The van der Waals surface area contributed by atoms with E-state index in [1.165, 1.54) is 10.0 Å². The van der Waals surface area contributed by atoms with E-state index in [0.717, 1.165) is 0 Å². The Morgan fingerprint density at radius 3 is 2.50 bits per heavy atom. The van der Waals surface area contributed by atoms with Gasteiger partial charge in [0.25, 0.3) is 0 Å². The fourth-order valence-electron chi connectivity index (χ4n) is 0.971. The minimum atomic E-state index is -0.190. The molecule has 76 valence electrons. The Morgan fingerprint density at radius 1 is 1.29 bits per heavy atom. The van der Waals surface area contributed by atoms with Gasteiger partial charge in [0.2, 0.25) is 0 Å². The summed E-state index contributed by atoms with van der Waals surface area (Å²) in [5.74, 6) is 0. The number of rotatable bonds is 3. The fourth-order valence-corrected chi connectivity index (χ4v) is 3.02. The fraction of sp³-hybridized carbons (Fsp3) is 0.333. The third-order valence-corrected chi connectivity index (χ3v) is 3.85.